The number of benzene rings is 2. The fourth-order valence-corrected chi connectivity index (χ4v) is 7.17. The van der Waals surface area contributed by atoms with E-state index in [1.54, 1.807) is 0 Å². The number of likely N-dealkylation sites (tertiary alicyclic amines) is 1. The summed E-state index contributed by atoms with van der Waals surface area (Å²) in [5.41, 5.74) is -0.732. The Hall–Kier alpha value is -1.88. The van der Waals surface area contributed by atoms with Crippen LogP contribution >= 0.6 is 12.4 Å². The Labute approximate surface area is 210 Å². The molecule has 0 aromatic heterocycles. The molecule has 184 valence electrons. The molecular weight excluding hydrogens is 446 g/mol. The third-order valence-corrected chi connectivity index (χ3v) is 9.49. The maximum absolute atomic E-state index is 13.9. The molecule has 2 aromatic carbocycles. The van der Waals surface area contributed by atoms with Crippen LogP contribution in [0.5, 0.6) is 0 Å². The lowest BCUT2D eigenvalue weighted by Gasteiger charge is -2.41. The molecule has 5 heteroatoms. The molecule has 1 saturated heterocycles. The molecular formula is C29H38ClNO3. The molecule has 0 spiro atoms. The van der Waals surface area contributed by atoms with Crippen LogP contribution in [0.25, 0.3) is 0 Å². The molecule has 1 heterocycles. The molecule has 2 aliphatic carbocycles. The summed E-state index contributed by atoms with van der Waals surface area (Å²) in [7, 11) is 0. The molecule has 1 aliphatic heterocycles. The molecule has 4 unspecified atom stereocenters. The van der Waals surface area contributed by atoms with Crippen molar-refractivity contribution in [1.82, 2.24) is 4.90 Å². The fourth-order valence-electron chi connectivity index (χ4n) is 7.17. The summed E-state index contributed by atoms with van der Waals surface area (Å²) >= 11 is 0. The average Bonchev–Trinajstić information content (AvgIpc) is 3.46. The number of hydrogen-bond donors (Lipinski definition) is 1. The Balaban J connectivity index is 0.00000274. The molecule has 0 radical (unpaired) electrons. The summed E-state index contributed by atoms with van der Waals surface area (Å²) in [6.45, 7) is 10.3. The van der Waals surface area contributed by atoms with E-state index in [9.17, 15) is 9.90 Å². The van der Waals surface area contributed by atoms with Crippen molar-refractivity contribution in [1.29, 1.82) is 0 Å². The number of nitrogens with zero attached hydrogens (tertiary/aromatic N) is 1. The van der Waals surface area contributed by atoms with E-state index in [4.69, 9.17) is 4.74 Å². The summed E-state index contributed by atoms with van der Waals surface area (Å²) in [6.07, 6.45) is 4.57. The van der Waals surface area contributed by atoms with Crippen molar-refractivity contribution in [2.45, 2.75) is 58.2 Å². The first kappa shape index (κ1) is 25.2. The topological polar surface area (TPSA) is 49.8 Å². The SMILES string of the molecule is CC1(C)C2CCC1(C)C(OC(=O)C(O)(c1ccccc1)c1ccccc1)C2CN1CCCC1.Cl. The van der Waals surface area contributed by atoms with Crippen LogP contribution in [-0.2, 0) is 15.1 Å². The molecule has 4 atom stereocenters. The Kier molecular flexibility index (Phi) is 6.89. The van der Waals surface area contributed by atoms with Crippen molar-refractivity contribution in [2.75, 3.05) is 19.6 Å². The highest BCUT2D eigenvalue weighted by molar-refractivity contribution is 5.86. The number of esters is 1. The van der Waals surface area contributed by atoms with E-state index in [1.165, 1.54) is 19.3 Å². The van der Waals surface area contributed by atoms with Crippen molar-refractivity contribution in [3.63, 3.8) is 0 Å². The van der Waals surface area contributed by atoms with Crippen LogP contribution in [-0.4, -0.2) is 41.7 Å². The van der Waals surface area contributed by atoms with Crippen LogP contribution in [0, 0.1) is 22.7 Å². The first-order chi connectivity index (χ1) is 15.8. The third kappa shape index (κ3) is 3.79. The van der Waals surface area contributed by atoms with E-state index in [0.29, 0.717) is 23.0 Å². The van der Waals surface area contributed by atoms with E-state index in [1.807, 2.05) is 60.7 Å². The quantitative estimate of drug-likeness (QED) is 0.557. The second-order valence-corrected chi connectivity index (χ2v) is 11.2. The average molecular weight is 484 g/mol. The monoisotopic (exact) mass is 483 g/mol. The minimum atomic E-state index is -1.83. The van der Waals surface area contributed by atoms with Gasteiger partial charge in [-0.1, -0.05) is 81.4 Å². The van der Waals surface area contributed by atoms with Gasteiger partial charge in [-0.3, -0.25) is 0 Å². The Morgan fingerprint density at radius 3 is 2.06 bits per heavy atom. The van der Waals surface area contributed by atoms with Gasteiger partial charge in [0.2, 0.25) is 5.60 Å². The number of carbonyl (C=O) groups excluding carboxylic acids is 1. The normalized spacial score (nSPS) is 30.2. The molecule has 1 N–H and O–H groups in total. The van der Waals surface area contributed by atoms with Crippen LogP contribution in [0.15, 0.2) is 60.7 Å². The zero-order valence-electron chi connectivity index (χ0n) is 20.6. The summed E-state index contributed by atoms with van der Waals surface area (Å²) in [5.74, 6) is 0.278. The van der Waals surface area contributed by atoms with Gasteiger partial charge in [-0.25, -0.2) is 4.79 Å². The predicted molar refractivity (Wildman–Crippen MR) is 137 cm³/mol. The molecule has 3 aliphatic rings. The van der Waals surface area contributed by atoms with E-state index in [-0.39, 0.29) is 29.3 Å². The van der Waals surface area contributed by atoms with Gasteiger partial charge in [-0.2, -0.15) is 0 Å². The van der Waals surface area contributed by atoms with Crippen LogP contribution < -0.4 is 0 Å². The molecule has 0 amide bonds. The Morgan fingerprint density at radius 1 is 1.00 bits per heavy atom. The standard InChI is InChI=1S/C29H37NO3.ClH/c1-27(2)24-16-17-28(27,3)25(23(24)20-30-18-10-11-19-30)33-26(31)29(32,21-12-6-4-7-13-21)22-14-8-5-9-15-22;/h4-9,12-15,23-25,32H,10-11,16-20H2,1-3H3;1H. The molecule has 4 nitrogen and oxygen atoms in total. The van der Waals surface area contributed by atoms with Crippen LogP contribution in [0.2, 0.25) is 0 Å². The van der Waals surface area contributed by atoms with Gasteiger partial charge >= 0.3 is 5.97 Å². The maximum Gasteiger partial charge on any atom is 0.347 e. The Morgan fingerprint density at radius 2 is 1.53 bits per heavy atom. The highest BCUT2D eigenvalue weighted by atomic mass is 35.5. The molecule has 3 fully saturated rings. The first-order valence-corrected chi connectivity index (χ1v) is 12.6. The maximum atomic E-state index is 13.9. The second kappa shape index (κ2) is 9.29. The van der Waals surface area contributed by atoms with Crippen molar-refractivity contribution in [3.8, 4) is 0 Å². The number of fused-ring (bicyclic) bond motifs is 2. The smallest absolute Gasteiger partial charge is 0.347 e. The van der Waals surface area contributed by atoms with Crippen molar-refractivity contribution < 1.29 is 14.6 Å². The number of rotatable bonds is 6. The largest absolute Gasteiger partial charge is 0.459 e. The molecule has 34 heavy (non-hydrogen) atoms. The summed E-state index contributed by atoms with van der Waals surface area (Å²) in [4.78, 5) is 16.5. The van der Waals surface area contributed by atoms with Gasteiger partial charge in [-0.05, 0) is 61.2 Å². The predicted octanol–water partition coefficient (Wildman–Crippen LogP) is 5.42. The van der Waals surface area contributed by atoms with E-state index in [2.05, 4.69) is 25.7 Å². The number of hydrogen-bond acceptors (Lipinski definition) is 4. The number of ether oxygens (including phenoxy) is 1. The zero-order chi connectivity index (χ0) is 23.3. The molecule has 2 bridgehead atoms. The van der Waals surface area contributed by atoms with Gasteiger partial charge in [0, 0.05) is 17.9 Å². The van der Waals surface area contributed by atoms with Gasteiger partial charge in [0.05, 0.1) is 0 Å². The van der Waals surface area contributed by atoms with E-state index >= 15 is 0 Å². The number of aliphatic hydroxyl groups is 1. The second-order valence-electron chi connectivity index (χ2n) is 11.2. The van der Waals surface area contributed by atoms with Crippen molar-refractivity contribution in [2.24, 2.45) is 22.7 Å². The number of halogens is 1. The van der Waals surface area contributed by atoms with Gasteiger partial charge in [0.25, 0.3) is 0 Å². The molecule has 2 saturated carbocycles. The van der Waals surface area contributed by atoms with E-state index < -0.39 is 11.6 Å². The minimum absolute atomic E-state index is 0. The van der Waals surface area contributed by atoms with Gasteiger partial charge < -0.3 is 14.7 Å². The van der Waals surface area contributed by atoms with Crippen LogP contribution in [0.1, 0.15) is 57.6 Å². The highest BCUT2D eigenvalue weighted by Crippen LogP contribution is 2.68. The van der Waals surface area contributed by atoms with Gasteiger partial charge in [0.1, 0.15) is 6.10 Å². The van der Waals surface area contributed by atoms with Crippen LogP contribution in [0.3, 0.4) is 0 Å². The third-order valence-electron chi connectivity index (χ3n) is 9.49. The summed E-state index contributed by atoms with van der Waals surface area (Å²) in [6, 6.07) is 18.4. The van der Waals surface area contributed by atoms with E-state index in [0.717, 1.165) is 26.1 Å². The van der Waals surface area contributed by atoms with Crippen molar-refractivity contribution >= 4 is 18.4 Å². The zero-order valence-corrected chi connectivity index (χ0v) is 21.4. The lowest BCUT2D eigenvalue weighted by Crippen LogP contribution is -2.48. The summed E-state index contributed by atoms with van der Waals surface area (Å²) < 4.78 is 6.47. The lowest BCUT2D eigenvalue weighted by molar-refractivity contribution is -0.179. The Bertz CT molecular complexity index is 949. The lowest BCUT2D eigenvalue weighted by atomic mass is 9.70. The fraction of sp³-hybridized carbons (Fsp3) is 0.552. The minimum Gasteiger partial charge on any atom is -0.459 e. The molecule has 2 aromatic rings. The van der Waals surface area contributed by atoms with Crippen LogP contribution in [0.4, 0.5) is 0 Å². The van der Waals surface area contributed by atoms with Crippen molar-refractivity contribution in [3.05, 3.63) is 71.8 Å². The highest BCUT2D eigenvalue weighted by Gasteiger charge is 2.68. The number of carbonyl (C=O) groups is 1. The first-order valence-electron chi connectivity index (χ1n) is 12.6. The summed E-state index contributed by atoms with van der Waals surface area (Å²) in [5, 5.41) is 12.0. The van der Waals surface area contributed by atoms with Gasteiger partial charge in [-0.15, -0.1) is 12.4 Å². The van der Waals surface area contributed by atoms with Gasteiger partial charge in [0.15, 0.2) is 0 Å². The molecule has 5 rings (SSSR count).